The van der Waals surface area contributed by atoms with Crippen LogP contribution in [0.1, 0.15) is 129 Å². The van der Waals surface area contributed by atoms with Crippen LogP contribution >= 0.6 is 0 Å². The van der Waals surface area contributed by atoms with Crippen molar-refractivity contribution in [2.45, 2.75) is 129 Å². The molecule has 290 valence electrons. The van der Waals surface area contributed by atoms with Crippen LogP contribution in [0.25, 0.3) is 55.0 Å². The maximum absolute atomic E-state index is 2.68. The van der Waals surface area contributed by atoms with Gasteiger partial charge in [-0.15, -0.1) is 0 Å². The van der Waals surface area contributed by atoms with Gasteiger partial charge in [0.2, 0.25) is 0 Å². The predicted molar refractivity (Wildman–Crippen MR) is 245 cm³/mol. The molecule has 0 radical (unpaired) electrons. The molecule has 3 aliphatic carbocycles. The van der Waals surface area contributed by atoms with Crippen molar-refractivity contribution in [2.24, 2.45) is 5.41 Å². The molecule has 2 heteroatoms. The maximum Gasteiger partial charge on any atom is 0.0541 e. The van der Waals surface area contributed by atoms with Crippen LogP contribution in [-0.4, -0.2) is 9.13 Å². The molecule has 2 unspecified atom stereocenters. The van der Waals surface area contributed by atoms with Crippen LogP contribution in [0.3, 0.4) is 0 Å². The second kappa shape index (κ2) is 11.4. The summed E-state index contributed by atoms with van der Waals surface area (Å²) in [6, 6.07) is 36.3. The molecule has 2 aromatic heterocycles. The number of hydrogen-bond donors (Lipinski definition) is 0. The molecule has 5 aromatic carbocycles. The van der Waals surface area contributed by atoms with Crippen molar-refractivity contribution >= 4 is 49.3 Å². The van der Waals surface area contributed by atoms with Gasteiger partial charge >= 0.3 is 0 Å². The molecule has 2 heterocycles. The largest absolute Gasteiger partial charge is 0.310 e. The van der Waals surface area contributed by atoms with Crippen LogP contribution in [0.4, 0.5) is 0 Å². The van der Waals surface area contributed by atoms with Gasteiger partial charge in [-0.05, 0) is 147 Å². The summed E-state index contributed by atoms with van der Waals surface area (Å²) in [7, 11) is 0. The van der Waals surface area contributed by atoms with Crippen molar-refractivity contribution in [3.63, 3.8) is 0 Å². The number of fused-ring (bicyclic) bond motifs is 7. The van der Waals surface area contributed by atoms with E-state index in [4.69, 9.17) is 0 Å². The molecule has 1 saturated carbocycles. The summed E-state index contributed by atoms with van der Waals surface area (Å²) < 4.78 is 5.12. The van der Waals surface area contributed by atoms with Crippen LogP contribution in [0.15, 0.2) is 109 Å². The summed E-state index contributed by atoms with van der Waals surface area (Å²) in [4.78, 5) is 0. The molecular formula is C55H60N2. The van der Waals surface area contributed by atoms with E-state index in [1.54, 1.807) is 0 Å². The average molecular weight is 749 g/mol. The predicted octanol–water partition coefficient (Wildman–Crippen LogP) is 14.8. The molecule has 0 saturated heterocycles. The molecule has 0 aliphatic heterocycles. The Kier molecular flexibility index (Phi) is 7.32. The van der Waals surface area contributed by atoms with Gasteiger partial charge in [0, 0.05) is 43.8 Å². The highest BCUT2D eigenvalue weighted by Gasteiger charge is 2.68. The third-order valence-corrected chi connectivity index (χ3v) is 14.3. The van der Waals surface area contributed by atoms with Gasteiger partial charge in [0.1, 0.15) is 0 Å². The fraction of sp³-hybridized carbons (Fsp3) is 0.382. The van der Waals surface area contributed by atoms with Gasteiger partial charge in [0.05, 0.1) is 22.1 Å². The minimum Gasteiger partial charge on any atom is -0.310 e. The third-order valence-electron chi connectivity index (χ3n) is 14.3. The first-order valence-corrected chi connectivity index (χ1v) is 21.4. The van der Waals surface area contributed by atoms with E-state index in [-0.39, 0.29) is 32.5 Å². The van der Waals surface area contributed by atoms with Crippen molar-refractivity contribution in [1.82, 2.24) is 9.13 Å². The second-order valence-corrected chi connectivity index (χ2v) is 22.1. The zero-order valence-electron chi connectivity index (χ0n) is 36.4. The highest BCUT2D eigenvalue weighted by Crippen LogP contribution is 2.73. The minimum absolute atomic E-state index is 0.0160. The Labute approximate surface area is 340 Å². The van der Waals surface area contributed by atoms with Gasteiger partial charge in [0.25, 0.3) is 0 Å². The first-order chi connectivity index (χ1) is 26.7. The van der Waals surface area contributed by atoms with Gasteiger partial charge in [0.15, 0.2) is 0 Å². The van der Waals surface area contributed by atoms with Crippen molar-refractivity contribution in [1.29, 1.82) is 0 Å². The number of allylic oxidation sites excluding steroid dienone is 4. The van der Waals surface area contributed by atoms with E-state index in [2.05, 4.69) is 201 Å². The van der Waals surface area contributed by atoms with Crippen LogP contribution in [0.5, 0.6) is 0 Å². The number of benzene rings is 5. The van der Waals surface area contributed by atoms with E-state index in [1.165, 1.54) is 101 Å². The van der Waals surface area contributed by atoms with Gasteiger partial charge in [-0.25, -0.2) is 0 Å². The molecule has 57 heavy (non-hydrogen) atoms. The molecule has 0 amide bonds. The van der Waals surface area contributed by atoms with E-state index in [1.807, 2.05) is 0 Å². The standard InChI is InChI=1S/C55H60N2/c1-50(2,3)35-14-19-46-41(27-35)42-28-36(51(4,5)6)15-20-47(42)56(46)39-18-13-34-23-25-54-26-24-40(32-55(54,33-54)45(34)31-39)57-48-21-16-37(52(7,8)9)29-43(48)44-30-38(53(10,11)12)17-22-49(44)57/h13-22,24,26-32H,23,25,33H2,1-12H3. The summed E-state index contributed by atoms with van der Waals surface area (Å²) in [6.45, 7) is 27.9. The number of aromatic nitrogens is 2. The topological polar surface area (TPSA) is 9.86 Å². The molecule has 10 rings (SSSR count). The van der Waals surface area contributed by atoms with Crippen molar-refractivity contribution in [3.05, 3.63) is 143 Å². The Morgan fingerprint density at radius 3 is 1.32 bits per heavy atom. The normalized spacial score (nSPS) is 20.9. The van der Waals surface area contributed by atoms with E-state index in [0.29, 0.717) is 0 Å². The molecular weight excluding hydrogens is 689 g/mol. The van der Waals surface area contributed by atoms with Crippen LogP contribution < -0.4 is 0 Å². The summed E-state index contributed by atoms with van der Waals surface area (Å²) in [5, 5.41) is 5.40. The second-order valence-electron chi connectivity index (χ2n) is 22.1. The lowest BCUT2D eigenvalue weighted by atomic mass is 9.72. The Morgan fingerprint density at radius 2 is 0.895 bits per heavy atom. The van der Waals surface area contributed by atoms with Gasteiger partial charge in [-0.1, -0.05) is 119 Å². The molecule has 2 nitrogen and oxygen atoms in total. The zero-order valence-corrected chi connectivity index (χ0v) is 36.4. The van der Waals surface area contributed by atoms with E-state index >= 15 is 0 Å². The molecule has 2 atom stereocenters. The van der Waals surface area contributed by atoms with Crippen molar-refractivity contribution < 1.29 is 0 Å². The molecule has 7 aromatic rings. The van der Waals surface area contributed by atoms with Gasteiger partial charge in [-0.3, -0.25) is 0 Å². The lowest BCUT2D eigenvalue weighted by Crippen LogP contribution is -2.25. The third kappa shape index (κ3) is 5.35. The molecule has 0 bridgehead atoms. The summed E-state index contributed by atoms with van der Waals surface area (Å²) in [6.07, 6.45) is 11.2. The maximum atomic E-state index is 2.68. The van der Waals surface area contributed by atoms with Gasteiger partial charge < -0.3 is 9.13 Å². The highest BCUT2D eigenvalue weighted by molar-refractivity contribution is 6.12. The number of nitrogens with zero attached hydrogens (tertiary/aromatic N) is 2. The van der Waals surface area contributed by atoms with Crippen molar-refractivity contribution in [2.75, 3.05) is 0 Å². The number of hydrogen-bond acceptors (Lipinski definition) is 0. The minimum atomic E-state index is -0.0160. The van der Waals surface area contributed by atoms with Crippen molar-refractivity contribution in [3.8, 4) is 5.69 Å². The average Bonchev–Trinajstić information content (AvgIpc) is 3.60. The monoisotopic (exact) mass is 748 g/mol. The van der Waals surface area contributed by atoms with Crippen LogP contribution in [0, 0.1) is 5.41 Å². The molecule has 0 N–H and O–H groups in total. The first kappa shape index (κ1) is 36.5. The van der Waals surface area contributed by atoms with Crippen LogP contribution in [0.2, 0.25) is 0 Å². The Bertz CT molecular complexity index is 2770. The quantitative estimate of drug-likeness (QED) is 0.167. The van der Waals surface area contributed by atoms with Crippen LogP contribution in [-0.2, 0) is 33.5 Å². The summed E-state index contributed by atoms with van der Waals surface area (Å²) in [5.41, 5.74) is 16.7. The summed E-state index contributed by atoms with van der Waals surface area (Å²) >= 11 is 0. The van der Waals surface area contributed by atoms with E-state index < -0.39 is 0 Å². The molecule has 3 aliphatic rings. The molecule has 0 spiro atoms. The molecule has 1 fully saturated rings. The summed E-state index contributed by atoms with van der Waals surface area (Å²) in [5.74, 6) is 0. The van der Waals surface area contributed by atoms with E-state index in [0.717, 1.165) is 6.42 Å². The fourth-order valence-electron chi connectivity index (χ4n) is 10.5. The lowest BCUT2D eigenvalue weighted by Gasteiger charge is -2.33. The lowest BCUT2D eigenvalue weighted by molar-refractivity contribution is 0.487. The van der Waals surface area contributed by atoms with E-state index in [9.17, 15) is 0 Å². The smallest absolute Gasteiger partial charge is 0.0541 e. The number of rotatable bonds is 2. The highest BCUT2D eigenvalue weighted by atomic mass is 15.0. The fourth-order valence-corrected chi connectivity index (χ4v) is 10.5. The van der Waals surface area contributed by atoms with Gasteiger partial charge in [-0.2, -0.15) is 0 Å². The number of aryl methyl sites for hydroxylation is 1. The Morgan fingerprint density at radius 1 is 0.474 bits per heavy atom. The zero-order chi connectivity index (χ0) is 40.2. The Hall–Kier alpha value is -4.82. The SMILES string of the molecule is CC(C)(C)c1ccc2c(c1)c1cc(C(C)(C)C)ccc1n2C1=CC23CC2(C=C1)CCc1ccc(-n2c4ccc(C(C)(C)C)cc4c4cc(C(C)(C)C)ccc42)cc13. The Balaban J connectivity index is 1.17. The first-order valence-electron chi connectivity index (χ1n) is 21.4.